The van der Waals surface area contributed by atoms with Crippen molar-refractivity contribution in [3.8, 4) is 0 Å². The molecule has 0 fully saturated rings. The van der Waals surface area contributed by atoms with Gasteiger partial charge in [0, 0.05) is 18.9 Å². The molecule has 0 bridgehead atoms. The second-order valence-corrected chi connectivity index (χ2v) is 2.77. The quantitative estimate of drug-likeness (QED) is 0.624. The summed E-state index contributed by atoms with van der Waals surface area (Å²) in [5.74, 6) is 0.759. The lowest BCUT2D eigenvalue weighted by atomic mass is 10.1. The van der Waals surface area contributed by atoms with Crippen LogP contribution >= 0.6 is 0 Å². The van der Waals surface area contributed by atoms with E-state index in [-0.39, 0.29) is 0 Å². The average molecular weight is 138 g/mol. The van der Waals surface area contributed by atoms with E-state index in [0.717, 1.165) is 12.5 Å². The summed E-state index contributed by atoms with van der Waals surface area (Å²) in [6.07, 6.45) is 6.93. The lowest BCUT2D eigenvalue weighted by Gasteiger charge is -2.07. The lowest BCUT2D eigenvalue weighted by Crippen LogP contribution is -2.03. The van der Waals surface area contributed by atoms with E-state index in [1.807, 2.05) is 18.7 Å². The van der Waals surface area contributed by atoms with Crippen molar-refractivity contribution in [2.75, 3.05) is 0 Å². The Hall–Kier alpha value is -0.790. The minimum atomic E-state index is 0.759. The molecule has 0 amide bonds. The van der Waals surface area contributed by atoms with Crippen molar-refractivity contribution in [1.29, 1.82) is 0 Å². The number of hydrogen-bond acceptors (Lipinski definition) is 1. The van der Waals surface area contributed by atoms with Crippen LogP contribution in [-0.4, -0.2) is 9.55 Å². The molecule has 1 aromatic heterocycles. The molecule has 0 radical (unpaired) electrons. The van der Waals surface area contributed by atoms with Crippen LogP contribution in [0.2, 0.25) is 0 Å². The Kier molecular flexibility index (Phi) is 2.49. The van der Waals surface area contributed by atoms with Gasteiger partial charge in [0.25, 0.3) is 0 Å². The van der Waals surface area contributed by atoms with Crippen molar-refractivity contribution in [3.63, 3.8) is 0 Å². The van der Waals surface area contributed by atoms with Crippen LogP contribution in [0.3, 0.4) is 0 Å². The maximum atomic E-state index is 3.97. The highest BCUT2D eigenvalue weighted by molar-refractivity contribution is 4.74. The van der Waals surface area contributed by atoms with E-state index < -0.39 is 0 Å². The van der Waals surface area contributed by atoms with Crippen LogP contribution < -0.4 is 0 Å². The van der Waals surface area contributed by atoms with Gasteiger partial charge in [-0.25, -0.2) is 4.98 Å². The molecule has 2 nitrogen and oxygen atoms in total. The molecule has 1 aromatic rings. The first-order valence-electron chi connectivity index (χ1n) is 3.78. The highest BCUT2D eigenvalue weighted by Gasteiger charge is 1.97. The molecule has 2 heteroatoms. The fourth-order valence-electron chi connectivity index (χ4n) is 0.884. The Bertz CT molecular complexity index is 167. The lowest BCUT2D eigenvalue weighted by molar-refractivity contribution is 0.468. The van der Waals surface area contributed by atoms with Crippen molar-refractivity contribution in [2.24, 2.45) is 5.92 Å². The van der Waals surface area contributed by atoms with Crippen LogP contribution in [0.5, 0.6) is 0 Å². The third-order valence-corrected chi connectivity index (χ3v) is 1.78. The van der Waals surface area contributed by atoms with Gasteiger partial charge < -0.3 is 4.57 Å². The fraction of sp³-hybridized carbons (Fsp3) is 0.625. The van der Waals surface area contributed by atoms with Crippen molar-refractivity contribution in [2.45, 2.75) is 26.8 Å². The summed E-state index contributed by atoms with van der Waals surface area (Å²) in [7, 11) is 0. The van der Waals surface area contributed by atoms with E-state index >= 15 is 0 Å². The molecule has 10 heavy (non-hydrogen) atoms. The van der Waals surface area contributed by atoms with Gasteiger partial charge in [-0.2, -0.15) is 0 Å². The van der Waals surface area contributed by atoms with Gasteiger partial charge in [-0.3, -0.25) is 0 Å². The monoisotopic (exact) mass is 138 g/mol. The van der Waals surface area contributed by atoms with Gasteiger partial charge in [0.1, 0.15) is 0 Å². The predicted molar refractivity (Wildman–Crippen MR) is 41.7 cm³/mol. The summed E-state index contributed by atoms with van der Waals surface area (Å²) >= 11 is 0. The van der Waals surface area contributed by atoms with Gasteiger partial charge >= 0.3 is 0 Å². The van der Waals surface area contributed by atoms with E-state index in [1.165, 1.54) is 6.42 Å². The number of nitrogens with zero attached hydrogens (tertiary/aromatic N) is 2. The Morgan fingerprint density at radius 3 is 2.90 bits per heavy atom. The zero-order chi connectivity index (χ0) is 7.40. The molecule has 0 aliphatic rings. The number of aromatic nitrogens is 2. The minimum Gasteiger partial charge on any atom is -0.337 e. The summed E-state index contributed by atoms with van der Waals surface area (Å²) in [4.78, 5) is 3.97. The highest BCUT2D eigenvalue weighted by Crippen LogP contribution is 2.03. The zero-order valence-corrected chi connectivity index (χ0v) is 6.62. The summed E-state index contributed by atoms with van der Waals surface area (Å²) in [5, 5.41) is 0. The fourth-order valence-corrected chi connectivity index (χ4v) is 0.884. The SMILES string of the molecule is CCC(C)Cn1ccnc1. The Morgan fingerprint density at radius 1 is 1.60 bits per heavy atom. The molecule has 1 unspecified atom stereocenters. The zero-order valence-electron chi connectivity index (χ0n) is 6.62. The van der Waals surface area contributed by atoms with Crippen molar-refractivity contribution in [1.82, 2.24) is 9.55 Å². The molecular weight excluding hydrogens is 124 g/mol. The predicted octanol–water partition coefficient (Wildman–Crippen LogP) is 1.93. The standard InChI is InChI=1S/C8H14N2/c1-3-8(2)6-10-5-4-9-7-10/h4-5,7-8H,3,6H2,1-2H3. The molecule has 1 heterocycles. The molecule has 0 aromatic carbocycles. The van der Waals surface area contributed by atoms with Gasteiger partial charge in [0.2, 0.25) is 0 Å². The molecule has 0 aliphatic heterocycles. The third-order valence-electron chi connectivity index (χ3n) is 1.78. The smallest absolute Gasteiger partial charge is 0.0945 e. The molecular formula is C8H14N2. The van der Waals surface area contributed by atoms with E-state index in [4.69, 9.17) is 0 Å². The third kappa shape index (κ3) is 1.87. The molecule has 0 N–H and O–H groups in total. The van der Waals surface area contributed by atoms with E-state index in [1.54, 1.807) is 0 Å². The summed E-state index contributed by atoms with van der Waals surface area (Å²) in [5.41, 5.74) is 0. The largest absolute Gasteiger partial charge is 0.337 e. The van der Waals surface area contributed by atoms with Gasteiger partial charge in [-0.05, 0) is 5.92 Å². The van der Waals surface area contributed by atoms with Crippen LogP contribution in [0.4, 0.5) is 0 Å². The average Bonchev–Trinajstić information content (AvgIpc) is 2.40. The molecule has 0 spiro atoms. The minimum absolute atomic E-state index is 0.759. The van der Waals surface area contributed by atoms with Gasteiger partial charge in [-0.1, -0.05) is 20.3 Å². The van der Waals surface area contributed by atoms with Crippen molar-refractivity contribution < 1.29 is 0 Å². The molecule has 1 atom stereocenters. The second kappa shape index (κ2) is 3.40. The van der Waals surface area contributed by atoms with Crippen molar-refractivity contribution >= 4 is 0 Å². The van der Waals surface area contributed by atoms with E-state index in [9.17, 15) is 0 Å². The summed E-state index contributed by atoms with van der Waals surface area (Å²) in [6.45, 7) is 5.55. The number of hydrogen-bond donors (Lipinski definition) is 0. The summed E-state index contributed by atoms with van der Waals surface area (Å²) in [6, 6.07) is 0. The van der Waals surface area contributed by atoms with Crippen LogP contribution in [0, 0.1) is 5.92 Å². The Labute approximate surface area is 61.9 Å². The summed E-state index contributed by atoms with van der Waals surface area (Å²) < 4.78 is 2.12. The molecule has 56 valence electrons. The van der Waals surface area contributed by atoms with Crippen LogP contribution in [0.15, 0.2) is 18.7 Å². The van der Waals surface area contributed by atoms with Gasteiger partial charge in [-0.15, -0.1) is 0 Å². The molecule has 0 saturated carbocycles. The first kappa shape index (κ1) is 7.32. The highest BCUT2D eigenvalue weighted by atomic mass is 15.0. The normalized spacial score (nSPS) is 13.4. The van der Waals surface area contributed by atoms with E-state index in [2.05, 4.69) is 23.4 Å². The van der Waals surface area contributed by atoms with Crippen LogP contribution in [-0.2, 0) is 6.54 Å². The molecule has 0 aliphatic carbocycles. The topological polar surface area (TPSA) is 17.8 Å². The van der Waals surface area contributed by atoms with Gasteiger partial charge in [0.05, 0.1) is 6.33 Å². The maximum absolute atomic E-state index is 3.97. The molecule has 1 rings (SSSR count). The van der Waals surface area contributed by atoms with Crippen molar-refractivity contribution in [3.05, 3.63) is 18.7 Å². The number of rotatable bonds is 3. The first-order valence-corrected chi connectivity index (χ1v) is 3.78. The molecule has 0 saturated heterocycles. The van der Waals surface area contributed by atoms with Gasteiger partial charge in [0.15, 0.2) is 0 Å². The number of imidazole rings is 1. The Balaban J connectivity index is 2.40. The van der Waals surface area contributed by atoms with E-state index in [0.29, 0.717) is 0 Å². The Morgan fingerprint density at radius 2 is 2.40 bits per heavy atom. The maximum Gasteiger partial charge on any atom is 0.0945 e. The van der Waals surface area contributed by atoms with Crippen LogP contribution in [0.25, 0.3) is 0 Å². The first-order chi connectivity index (χ1) is 4.83. The second-order valence-electron chi connectivity index (χ2n) is 2.77. The van der Waals surface area contributed by atoms with Crippen LogP contribution in [0.1, 0.15) is 20.3 Å².